The lowest BCUT2D eigenvalue weighted by atomic mass is 10.1. The first-order valence-corrected chi connectivity index (χ1v) is 6.11. The molecule has 0 N–H and O–H groups in total. The van der Waals surface area contributed by atoms with E-state index in [1.807, 2.05) is 6.07 Å². The molecule has 1 fully saturated rings. The number of hydrogen-bond donors (Lipinski definition) is 0. The van der Waals surface area contributed by atoms with Crippen molar-refractivity contribution >= 4 is 6.29 Å². The van der Waals surface area contributed by atoms with Gasteiger partial charge in [-0.2, -0.15) is 0 Å². The zero-order valence-corrected chi connectivity index (χ0v) is 9.88. The van der Waals surface area contributed by atoms with E-state index in [2.05, 4.69) is 24.3 Å². The second-order valence-corrected chi connectivity index (χ2v) is 4.35. The molecule has 3 nitrogen and oxygen atoms in total. The molecule has 1 aliphatic rings. The molecule has 0 aromatic heterocycles. The Morgan fingerprint density at radius 3 is 2.82 bits per heavy atom. The van der Waals surface area contributed by atoms with Crippen LogP contribution in [-0.4, -0.2) is 31.7 Å². The van der Waals surface area contributed by atoms with Crippen molar-refractivity contribution in [2.24, 2.45) is 0 Å². The van der Waals surface area contributed by atoms with Crippen LogP contribution in [0.4, 0.5) is 0 Å². The molecule has 1 aliphatic heterocycles. The normalized spacial score (nSPS) is 24.5. The molecule has 2 atom stereocenters. The summed E-state index contributed by atoms with van der Waals surface area (Å²) in [6, 6.07) is 10.4. The van der Waals surface area contributed by atoms with Gasteiger partial charge in [0.1, 0.15) is 6.10 Å². The van der Waals surface area contributed by atoms with Gasteiger partial charge in [-0.3, -0.25) is 0 Å². The van der Waals surface area contributed by atoms with Gasteiger partial charge >= 0.3 is 0 Å². The van der Waals surface area contributed by atoms with Crippen LogP contribution in [0.25, 0.3) is 0 Å². The molecule has 0 amide bonds. The molecule has 0 aliphatic carbocycles. The van der Waals surface area contributed by atoms with Gasteiger partial charge in [-0.25, -0.2) is 0 Å². The lowest BCUT2D eigenvalue weighted by Crippen LogP contribution is -2.37. The highest BCUT2D eigenvalue weighted by Crippen LogP contribution is 2.13. The number of carbonyl (C=O) groups excluding carboxylic acids is 1. The second kappa shape index (κ2) is 6.52. The first kappa shape index (κ1) is 12.3. The monoisotopic (exact) mass is 234 g/mol. The minimum absolute atomic E-state index is 0.0719. The number of benzene rings is 1. The molecule has 1 heterocycles. The van der Waals surface area contributed by atoms with Crippen LogP contribution in [-0.2, 0) is 20.7 Å². The van der Waals surface area contributed by atoms with Crippen molar-refractivity contribution in [3.8, 4) is 0 Å². The number of hydrogen-bond acceptors (Lipinski definition) is 3. The van der Waals surface area contributed by atoms with E-state index in [-0.39, 0.29) is 12.2 Å². The van der Waals surface area contributed by atoms with Crippen molar-refractivity contribution in [3.63, 3.8) is 0 Å². The molecule has 1 aromatic carbocycles. The van der Waals surface area contributed by atoms with E-state index in [4.69, 9.17) is 9.47 Å². The Kier molecular flexibility index (Phi) is 4.71. The van der Waals surface area contributed by atoms with Crippen LogP contribution >= 0.6 is 0 Å². The summed E-state index contributed by atoms with van der Waals surface area (Å²) in [5.41, 5.74) is 1.34. The predicted octanol–water partition coefficient (Wildman–Crippen LogP) is 1.99. The summed E-state index contributed by atoms with van der Waals surface area (Å²) in [5, 5.41) is 0. The molecular weight excluding hydrogens is 216 g/mol. The van der Waals surface area contributed by atoms with Crippen molar-refractivity contribution in [2.45, 2.75) is 31.5 Å². The van der Waals surface area contributed by atoms with Gasteiger partial charge in [-0.05, 0) is 24.8 Å². The molecule has 2 rings (SSSR count). The smallest absolute Gasteiger partial charge is 0.151 e. The number of carbonyl (C=O) groups is 1. The molecule has 0 saturated carbocycles. The van der Waals surface area contributed by atoms with Gasteiger partial charge in [0.15, 0.2) is 6.29 Å². The van der Waals surface area contributed by atoms with Crippen molar-refractivity contribution in [2.75, 3.05) is 13.2 Å². The third-order valence-corrected chi connectivity index (χ3v) is 2.94. The third-order valence-electron chi connectivity index (χ3n) is 2.94. The maximum Gasteiger partial charge on any atom is 0.151 e. The zero-order valence-electron chi connectivity index (χ0n) is 9.88. The minimum Gasteiger partial charge on any atom is -0.376 e. The van der Waals surface area contributed by atoms with Gasteiger partial charge in [-0.1, -0.05) is 30.3 Å². The highest BCUT2D eigenvalue weighted by molar-refractivity contribution is 5.56. The average Bonchev–Trinajstić information content (AvgIpc) is 2.40. The molecule has 17 heavy (non-hydrogen) atoms. The van der Waals surface area contributed by atoms with Crippen molar-refractivity contribution in [1.29, 1.82) is 0 Å². The van der Waals surface area contributed by atoms with E-state index in [0.29, 0.717) is 13.2 Å². The zero-order chi connectivity index (χ0) is 11.9. The van der Waals surface area contributed by atoms with Crippen molar-refractivity contribution in [1.82, 2.24) is 0 Å². The average molecular weight is 234 g/mol. The van der Waals surface area contributed by atoms with Crippen LogP contribution < -0.4 is 0 Å². The van der Waals surface area contributed by atoms with Crippen LogP contribution in [0, 0.1) is 0 Å². The van der Waals surface area contributed by atoms with Crippen LogP contribution in [0.5, 0.6) is 0 Å². The first-order valence-electron chi connectivity index (χ1n) is 6.11. The van der Waals surface area contributed by atoms with Gasteiger partial charge in [0.05, 0.1) is 19.3 Å². The number of aldehydes is 1. The Hall–Kier alpha value is -1.19. The van der Waals surface area contributed by atoms with E-state index in [0.717, 1.165) is 25.5 Å². The first-order chi connectivity index (χ1) is 8.38. The molecule has 0 spiro atoms. The highest BCUT2D eigenvalue weighted by atomic mass is 16.6. The predicted molar refractivity (Wildman–Crippen MR) is 64.9 cm³/mol. The van der Waals surface area contributed by atoms with E-state index in [1.54, 1.807) is 0 Å². The summed E-state index contributed by atoms with van der Waals surface area (Å²) in [6.45, 7) is 1.01. The summed E-state index contributed by atoms with van der Waals surface area (Å²) >= 11 is 0. The lowest BCUT2D eigenvalue weighted by molar-refractivity contribution is -0.152. The number of aryl methyl sites for hydroxylation is 1. The topological polar surface area (TPSA) is 35.5 Å². The highest BCUT2D eigenvalue weighted by Gasteiger charge is 2.21. The maximum atomic E-state index is 10.6. The third kappa shape index (κ3) is 3.95. The van der Waals surface area contributed by atoms with E-state index in [1.165, 1.54) is 5.56 Å². The van der Waals surface area contributed by atoms with E-state index < -0.39 is 0 Å². The summed E-state index contributed by atoms with van der Waals surface area (Å²) in [4.78, 5) is 10.6. The van der Waals surface area contributed by atoms with Crippen molar-refractivity contribution in [3.05, 3.63) is 35.9 Å². The summed E-state index contributed by atoms with van der Waals surface area (Å²) in [7, 11) is 0. The number of ether oxygens (including phenoxy) is 2. The Balaban J connectivity index is 1.70. The molecule has 0 radical (unpaired) electrons. The largest absolute Gasteiger partial charge is 0.376 e. The van der Waals surface area contributed by atoms with E-state index >= 15 is 0 Å². The fraction of sp³-hybridized carbons (Fsp3) is 0.500. The minimum atomic E-state index is -0.370. The fourth-order valence-corrected chi connectivity index (χ4v) is 2.04. The van der Waals surface area contributed by atoms with Gasteiger partial charge in [0, 0.05) is 0 Å². The quantitative estimate of drug-likeness (QED) is 0.731. The Morgan fingerprint density at radius 2 is 2.06 bits per heavy atom. The summed E-state index contributed by atoms with van der Waals surface area (Å²) < 4.78 is 10.9. The van der Waals surface area contributed by atoms with Gasteiger partial charge in [0.2, 0.25) is 0 Å². The molecule has 1 saturated heterocycles. The van der Waals surface area contributed by atoms with Gasteiger partial charge in [0.25, 0.3) is 0 Å². The molecule has 0 bridgehead atoms. The maximum absolute atomic E-state index is 10.6. The Labute approximate surface area is 102 Å². The fourth-order valence-electron chi connectivity index (χ4n) is 2.04. The summed E-state index contributed by atoms with van der Waals surface area (Å²) in [6.07, 6.45) is 3.58. The molecule has 3 heteroatoms. The molecular formula is C14H18O3. The van der Waals surface area contributed by atoms with Crippen molar-refractivity contribution < 1.29 is 14.3 Å². The van der Waals surface area contributed by atoms with E-state index in [9.17, 15) is 4.79 Å². The van der Waals surface area contributed by atoms with Gasteiger partial charge < -0.3 is 14.3 Å². The lowest BCUT2D eigenvalue weighted by Gasteiger charge is -2.27. The Morgan fingerprint density at radius 1 is 1.24 bits per heavy atom. The summed E-state index contributed by atoms with van der Waals surface area (Å²) in [5.74, 6) is 0. The van der Waals surface area contributed by atoms with Crippen LogP contribution in [0.1, 0.15) is 18.4 Å². The van der Waals surface area contributed by atoms with Crippen LogP contribution in [0.2, 0.25) is 0 Å². The van der Waals surface area contributed by atoms with Crippen LogP contribution in [0.15, 0.2) is 30.3 Å². The SMILES string of the molecule is O=CC1COCC(CCCc2ccccc2)O1. The van der Waals surface area contributed by atoms with Crippen LogP contribution in [0.3, 0.4) is 0 Å². The number of rotatable bonds is 5. The Bertz CT molecular complexity index is 337. The standard InChI is InChI=1S/C14H18O3/c15-9-14-11-16-10-13(17-14)8-4-7-12-5-2-1-3-6-12/h1-3,5-6,9,13-14H,4,7-8,10-11H2. The molecule has 1 aromatic rings. The molecule has 2 unspecified atom stereocenters. The second-order valence-electron chi connectivity index (χ2n) is 4.35. The van der Waals surface area contributed by atoms with Gasteiger partial charge in [-0.15, -0.1) is 0 Å². The molecule has 92 valence electrons.